The van der Waals surface area contributed by atoms with Crippen molar-refractivity contribution in [3.05, 3.63) is 58.1 Å². The first-order valence-corrected chi connectivity index (χ1v) is 13.0. The van der Waals surface area contributed by atoms with Crippen LogP contribution in [-0.4, -0.2) is 132 Å². The summed E-state index contributed by atoms with van der Waals surface area (Å²) in [6.45, 7) is -2.20. The number of carbonyl (C=O) groups is 2. The fraction of sp³-hybridized carbons (Fsp3) is 0.481. The molecule has 15 nitrogen and oxygen atoms in total. The Labute approximate surface area is 237 Å². The predicted octanol–water partition coefficient (Wildman–Crippen LogP) is -3.34. The number of carbonyl (C=O) groups excluding carboxylic acids is 2. The van der Waals surface area contributed by atoms with E-state index in [1.54, 1.807) is 12.1 Å². The van der Waals surface area contributed by atoms with Crippen LogP contribution in [-0.2, 0) is 20.8 Å². The van der Waals surface area contributed by atoms with Gasteiger partial charge in [0, 0.05) is 16.7 Å². The highest BCUT2D eigenvalue weighted by atomic mass is 16.7. The number of hydrogen-bond donors (Lipinski definition) is 9. The van der Waals surface area contributed by atoms with Gasteiger partial charge in [-0.1, -0.05) is 24.3 Å². The van der Waals surface area contributed by atoms with E-state index < -0.39 is 98.5 Å². The minimum atomic E-state index is -1.90. The Morgan fingerprint density at radius 2 is 1.29 bits per heavy atom. The van der Waals surface area contributed by atoms with E-state index in [0.29, 0.717) is 0 Å². The molecule has 2 fully saturated rings. The second-order valence-electron chi connectivity index (χ2n) is 10.1. The maximum atomic E-state index is 13.2. The van der Waals surface area contributed by atoms with Gasteiger partial charge in [0.1, 0.15) is 60.3 Å². The van der Waals surface area contributed by atoms with Gasteiger partial charge in [0.2, 0.25) is 6.29 Å². The van der Waals surface area contributed by atoms with Gasteiger partial charge in [0.15, 0.2) is 17.9 Å². The lowest BCUT2D eigenvalue weighted by atomic mass is 9.82. The standard InChI is InChI=1S/C27H30O15/c28-6-12-13(5-11-16(19(12)32)18(31)10-4-2-1-3-9(10)17(11)30)40-27-25(38)23(36)21(34)15(42-27)8-39-26-24(37)22(35)20(33)14(7-29)41-26/h1-5,14-15,20-29,32-38H,6-8H2/t14-,15-,20-,21-,22+,23+,24-,25-,26-,27-/m1/s1. The van der Waals surface area contributed by atoms with E-state index in [2.05, 4.69) is 0 Å². The Balaban J connectivity index is 1.38. The fourth-order valence-electron chi connectivity index (χ4n) is 5.18. The van der Waals surface area contributed by atoms with Crippen LogP contribution in [0.1, 0.15) is 37.4 Å². The smallest absolute Gasteiger partial charge is 0.229 e. The molecule has 2 heterocycles. The minimum absolute atomic E-state index is 0.0632. The molecule has 10 atom stereocenters. The lowest BCUT2D eigenvalue weighted by molar-refractivity contribution is -0.323. The monoisotopic (exact) mass is 594 g/mol. The number of fused-ring (bicyclic) bond motifs is 2. The van der Waals surface area contributed by atoms with E-state index in [-0.39, 0.29) is 33.6 Å². The number of aromatic hydroxyl groups is 1. The quantitative estimate of drug-likeness (QED) is 0.130. The topological polar surface area (TPSA) is 253 Å². The van der Waals surface area contributed by atoms with Crippen molar-refractivity contribution in [2.75, 3.05) is 13.2 Å². The molecular formula is C27H30O15. The molecule has 2 aromatic carbocycles. The first-order chi connectivity index (χ1) is 20.0. The van der Waals surface area contributed by atoms with E-state index in [0.717, 1.165) is 6.07 Å². The van der Waals surface area contributed by atoms with Gasteiger partial charge >= 0.3 is 0 Å². The van der Waals surface area contributed by atoms with E-state index in [1.807, 2.05) is 0 Å². The van der Waals surface area contributed by atoms with Gasteiger partial charge in [-0.15, -0.1) is 0 Å². The second-order valence-corrected chi connectivity index (χ2v) is 10.1. The zero-order valence-corrected chi connectivity index (χ0v) is 21.8. The highest BCUT2D eigenvalue weighted by Crippen LogP contribution is 2.41. The van der Waals surface area contributed by atoms with E-state index >= 15 is 0 Å². The zero-order chi connectivity index (χ0) is 30.5. The molecule has 1 aliphatic carbocycles. The van der Waals surface area contributed by atoms with Gasteiger partial charge in [-0.25, -0.2) is 0 Å². The fourth-order valence-corrected chi connectivity index (χ4v) is 5.18. The Kier molecular flexibility index (Phi) is 8.62. The molecule has 0 radical (unpaired) electrons. The van der Waals surface area contributed by atoms with Crippen LogP contribution in [0.2, 0.25) is 0 Å². The molecule has 0 amide bonds. The molecule has 5 rings (SSSR count). The third kappa shape index (κ3) is 5.08. The number of ether oxygens (including phenoxy) is 4. The first kappa shape index (κ1) is 30.4. The van der Waals surface area contributed by atoms with Crippen LogP contribution in [0.5, 0.6) is 11.5 Å². The van der Waals surface area contributed by atoms with Crippen molar-refractivity contribution in [1.82, 2.24) is 0 Å². The van der Waals surface area contributed by atoms with Gasteiger partial charge in [-0.2, -0.15) is 0 Å². The molecule has 9 N–H and O–H groups in total. The summed E-state index contributed by atoms with van der Waals surface area (Å²) < 4.78 is 21.9. The average molecular weight is 595 g/mol. The summed E-state index contributed by atoms with van der Waals surface area (Å²) in [5.74, 6) is -2.37. The first-order valence-electron chi connectivity index (χ1n) is 13.0. The average Bonchev–Trinajstić information content (AvgIpc) is 2.99. The van der Waals surface area contributed by atoms with Crippen LogP contribution in [0.4, 0.5) is 0 Å². The molecular weight excluding hydrogens is 564 g/mol. The summed E-state index contributed by atoms with van der Waals surface area (Å²) in [6.07, 6.45) is -16.8. The molecule has 228 valence electrons. The van der Waals surface area contributed by atoms with Crippen LogP contribution in [0.15, 0.2) is 30.3 Å². The molecule has 0 saturated carbocycles. The molecule has 0 spiro atoms. The lowest BCUT2D eigenvalue weighted by Crippen LogP contribution is -2.62. The number of phenols is 1. The largest absolute Gasteiger partial charge is 0.507 e. The van der Waals surface area contributed by atoms with Crippen LogP contribution < -0.4 is 4.74 Å². The Hall–Kier alpha value is -3.06. The molecule has 15 heteroatoms. The number of rotatable bonds is 7. The molecule has 2 saturated heterocycles. The number of aliphatic hydroxyl groups excluding tert-OH is 8. The molecule has 3 aliphatic rings. The third-order valence-corrected chi connectivity index (χ3v) is 7.60. The van der Waals surface area contributed by atoms with Gasteiger partial charge in [0.05, 0.1) is 30.9 Å². The van der Waals surface area contributed by atoms with Crippen LogP contribution in [0.3, 0.4) is 0 Å². The molecule has 42 heavy (non-hydrogen) atoms. The maximum Gasteiger partial charge on any atom is 0.229 e. The van der Waals surface area contributed by atoms with E-state index in [1.165, 1.54) is 12.1 Å². The molecule has 2 aliphatic heterocycles. The van der Waals surface area contributed by atoms with Gasteiger partial charge in [-0.3, -0.25) is 9.59 Å². The highest BCUT2D eigenvalue weighted by molar-refractivity contribution is 6.29. The van der Waals surface area contributed by atoms with Crippen molar-refractivity contribution in [1.29, 1.82) is 0 Å². The zero-order valence-electron chi connectivity index (χ0n) is 21.8. The van der Waals surface area contributed by atoms with Crippen molar-refractivity contribution in [3.63, 3.8) is 0 Å². The lowest BCUT2D eigenvalue weighted by Gasteiger charge is -2.42. The molecule has 0 bridgehead atoms. The van der Waals surface area contributed by atoms with Gasteiger partial charge in [-0.05, 0) is 6.07 Å². The predicted molar refractivity (Wildman–Crippen MR) is 134 cm³/mol. The van der Waals surface area contributed by atoms with Crippen molar-refractivity contribution >= 4 is 11.6 Å². The van der Waals surface area contributed by atoms with Crippen molar-refractivity contribution in [3.8, 4) is 11.5 Å². The number of ketones is 2. The van der Waals surface area contributed by atoms with E-state index in [4.69, 9.17) is 18.9 Å². The summed E-state index contributed by atoms with van der Waals surface area (Å²) in [6, 6.07) is 7.05. The maximum absolute atomic E-state index is 13.2. The highest BCUT2D eigenvalue weighted by Gasteiger charge is 2.48. The Morgan fingerprint density at radius 3 is 1.90 bits per heavy atom. The van der Waals surface area contributed by atoms with Crippen molar-refractivity contribution < 1.29 is 74.5 Å². The summed E-state index contributed by atoms with van der Waals surface area (Å²) >= 11 is 0. The van der Waals surface area contributed by atoms with Crippen LogP contribution in [0, 0.1) is 0 Å². The SMILES string of the molecule is O=C1c2ccccc2C(=O)c2c1cc(O[C@@H]1O[C@H](CO[C@@H]3O[C@H](CO)[C@@H](O)[C@H](O)[C@H]3O)[C@@H](O)[C@H](O)[C@H]1O)c(CO)c2O. The van der Waals surface area contributed by atoms with Gasteiger partial charge in [0.25, 0.3) is 0 Å². The minimum Gasteiger partial charge on any atom is -0.507 e. The third-order valence-electron chi connectivity index (χ3n) is 7.60. The summed E-state index contributed by atoms with van der Waals surface area (Å²) in [7, 11) is 0. The summed E-state index contributed by atoms with van der Waals surface area (Å²) in [4.78, 5) is 26.3. The summed E-state index contributed by atoms with van der Waals surface area (Å²) in [5, 5.41) is 91.8. The summed E-state index contributed by atoms with van der Waals surface area (Å²) in [5.41, 5.74) is -0.763. The van der Waals surface area contributed by atoms with Crippen molar-refractivity contribution in [2.24, 2.45) is 0 Å². The molecule has 0 unspecified atom stereocenters. The van der Waals surface area contributed by atoms with Gasteiger partial charge < -0.3 is 64.9 Å². The Morgan fingerprint density at radius 1 is 0.714 bits per heavy atom. The molecule has 0 aromatic heterocycles. The molecule has 2 aromatic rings. The Bertz CT molecular complexity index is 1350. The normalized spacial score (nSPS) is 34.6. The van der Waals surface area contributed by atoms with Crippen LogP contribution in [0.25, 0.3) is 0 Å². The van der Waals surface area contributed by atoms with Crippen LogP contribution >= 0.6 is 0 Å². The van der Waals surface area contributed by atoms with E-state index in [9.17, 15) is 55.5 Å². The number of benzene rings is 2. The second kappa shape index (κ2) is 11.9. The number of aliphatic hydroxyl groups is 8. The number of hydrogen-bond acceptors (Lipinski definition) is 15. The van der Waals surface area contributed by atoms with Crippen molar-refractivity contribution in [2.45, 2.75) is 68.0 Å².